The number of ether oxygens (including phenoxy) is 1. The smallest absolute Gasteiger partial charge is 0.337 e. The fourth-order valence-electron chi connectivity index (χ4n) is 3.10. The largest absolute Gasteiger partial charge is 0.465 e. The van der Waals surface area contributed by atoms with Crippen molar-refractivity contribution in [3.05, 3.63) is 82.5 Å². The molecule has 0 spiro atoms. The molecule has 1 aliphatic rings. The van der Waals surface area contributed by atoms with E-state index >= 15 is 0 Å². The lowest BCUT2D eigenvalue weighted by molar-refractivity contribution is -0.113. The summed E-state index contributed by atoms with van der Waals surface area (Å²) < 4.78 is 11.2. The molecule has 2 aromatic carbocycles. The van der Waals surface area contributed by atoms with Crippen LogP contribution in [0.2, 0.25) is 0 Å². The Kier molecular flexibility index (Phi) is 5.57. The average molecular weight is 436 g/mol. The van der Waals surface area contributed by atoms with Crippen LogP contribution in [0.25, 0.3) is 17.4 Å². The zero-order valence-electron chi connectivity index (χ0n) is 16.2. The first kappa shape index (κ1) is 20.1. The molecule has 5 nitrogen and oxygen atoms in total. The van der Waals surface area contributed by atoms with Crippen LogP contribution in [-0.4, -0.2) is 23.3 Å². The molecule has 0 bridgehead atoms. The number of methoxy groups -OCH3 is 1. The third kappa shape index (κ3) is 3.81. The second-order valence-corrected chi connectivity index (χ2v) is 8.25. The van der Waals surface area contributed by atoms with Gasteiger partial charge in [0.15, 0.2) is 4.32 Å². The van der Waals surface area contributed by atoms with Crippen LogP contribution in [0, 0.1) is 6.92 Å². The number of thioether (sulfide) groups is 1. The monoisotopic (exact) mass is 435 g/mol. The van der Waals surface area contributed by atoms with E-state index in [4.69, 9.17) is 21.4 Å². The molecule has 1 aliphatic heterocycles. The van der Waals surface area contributed by atoms with Gasteiger partial charge >= 0.3 is 5.97 Å². The van der Waals surface area contributed by atoms with Gasteiger partial charge in [-0.15, -0.1) is 0 Å². The van der Waals surface area contributed by atoms with Crippen LogP contribution in [-0.2, 0) is 9.53 Å². The second-order valence-electron chi connectivity index (χ2n) is 6.58. The molecule has 30 heavy (non-hydrogen) atoms. The summed E-state index contributed by atoms with van der Waals surface area (Å²) >= 11 is 6.63. The Hall–Kier alpha value is -3.16. The SMILES string of the molecule is COC(=O)c1ccc(C)c(-c2ccc(/C=C3/SC(=S)N(c4ccccc4)C3=O)o2)c1. The lowest BCUT2D eigenvalue weighted by Gasteiger charge is -2.13. The van der Waals surface area contributed by atoms with Crippen molar-refractivity contribution in [2.45, 2.75) is 6.92 Å². The third-order valence-electron chi connectivity index (χ3n) is 4.63. The van der Waals surface area contributed by atoms with Gasteiger partial charge in [-0.1, -0.05) is 48.2 Å². The van der Waals surface area contributed by atoms with E-state index in [2.05, 4.69) is 0 Å². The lowest BCUT2D eigenvalue weighted by Crippen LogP contribution is -2.27. The van der Waals surface area contributed by atoms with Gasteiger partial charge in [0.25, 0.3) is 5.91 Å². The quantitative estimate of drug-likeness (QED) is 0.309. The fraction of sp³-hybridized carbons (Fsp3) is 0.0870. The van der Waals surface area contributed by atoms with Crippen molar-refractivity contribution in [3.8, 4) is 11.3 Å². The summed E-state index contributed by atoms with van der Waals surface area (Å²) in [5.74, 6) is 0.537. The van der Waals surface area contributed by atoms with Crippen LogP contribution in [0.3, 0.4) is 0 Å². The molecule has 2 heterocycles. The van der Waals surface area contributed by atoms with E-state index in [-0.39, 0.29) is 5.91 Å². The Bertz CT molecular complexity index is 1180. The highest BCUT2D eigenvalue weighted by atomic mass is 32.2. The highest BCUT2D eigenvalue weighted by Crippen LogP contribution is 2.36. The first-order valence-corrected chi connectivity index (χ1v) is 10.3. The van der Waals surface area contributed by atoms with Crippen molar-refractivity contribution in [1.29, 1.82) is 0 Å². The Morgan fingerprint density at radius 3 is 2.63 bits per heavy atom. The molecule has 1 aromatic heterocycles. The standard InChI is InChI=1S/C23H17NO4S2/c1-14-8-9-15(22(26)27-2)12-18(14)19-11-10-17(28-19)13-20-21(25)24(23(29)30-20)16-6-4-3-5-7-16/h3-13H,1-2H3/b20-13+. The molecule has 7 heteroatoms. The Morgan fingerprint density at radius 1 is 1.13 bits per heavy atom. The van der Waals surface area contributed by atoms with Gasteiger partial charge in [-0.05, 0) is 48.9 Å². The minimum atomic E-state index is -0.410. The zero-order valence-corrected chi connectivity index (χ0v) is 17.9. The predicted octanol–water partition coefficient (Wildman–Crippen LogP) is 5.45. The Balaban J connectivity index is 1.63. The minimum absolute atomic E-state index is 0.182. The Morgan fingerprint density at radius 2 is 1.90 bits per heavy atom. The molecule has 0 N–H and O–H groups in total. The van der Waals surface area contributed by atoms with Crippen molar-refractivity contribution in [2.24, 2.45) is 0 Å². The maximum atomic E-state index is 12.9. The number of amides is 1. The molecule has 4 rings (SSSR count). The number of furan rings is 1. The zero-order chi connectivity index (χ0) is 21.3. The Labute approximate surface area is 183 Å². The van der Waals surface area contributed by atoms with E-state index in [9.17, 15) is 9.59 Å². The molecular weight excluding hydrogens is 418 g/mol. The van der Waals surface area contributed by atoms with Crippen molar-refractivity contribution in [3.63, 3.8) is 0 Å². The first-order chi connectivity index (χ1) is 14.5. The summed E-state index contributed by atoms with van der Waals surface area (Å²) in [6.45, 7) is 1.93. The van der Waals surface area contributed by atoms with Crippen LogP contribution in [0.15, 0.2) is 70.0 Å². The number of para-hydroxylation sites is 1. The summed E-state index contributed by atoms with van der Waals surface area (Å²) in [4.78, 5) is 26.7. The highest BCUT2D eigenvalue weighted by molar-refractivity contribution is 8.27. The van der Waals surface area contributed by atoms with E-state index in [1.54, 1.807) is 24.3 Å². The van der Waals surface area contributed by atoms with E-state index in [0.29, 0.717) is 26.3 Å². The fourth-order valence-corrected chi connectivity index (χ4v) is 4.38. The predicted molar refractivity (Wildman–Crippen MR) is 122 cm³/mol. The number of hydrogen-bond acceptors (Lipinski definition) is 6. The number of hydrogen-bond donors (Lipinski definition) is 0. The second kappa shape index (κ2) is 8.30. The average Bonchev–Trinajstić information content (AvgIpc) is 3.32. The van der Waals surface area contributed by atoms with Gasteiger partial charge in [-0.2, -0.15) is 0 Å². The topological polar surface area (TPSA) is 59.8 Å². The van der Waals surface area contributed by atoms with E-state index in [1.165, 1.54) is 23.8 Å². The molecule has 0 radical (unpaired) electrons. The van der Waals surface area contributed by atoms with Gasteiger partial charge in [0.2, 0.25) is 0 Å². The summed E-state index contributed by atoms with van der Waals surface area (Å²) in [7, 11) is 1.35. The number of benzene rings is 2. The first-order valence-electron chi connectivity index (χ1n) is 9.10. The maximum absolute atomic E-state index is 12.9. The summed E-state index contributed by atoms with van der Waals surface area (Å²) in [5.41, 5.74) is 2.92. The number of aryl methyl sites for hydroxylation is 1. The van der Waals surface area contributed by atoms with Crippen LogP contribution in [0.4, 0.5) is 5.69 Å². The van der Waals surface area contributed by atoms with Crippen LogP contribution >= 0.6 is 24.0 Å². The van der Waals surface area contributed by atoms with Crippen molar-refractivity contribution < 1.29 is 18.7 Å². The van der Waals surface area contributed by atoms with Gasteiger partial charge in [0.05, 0.1) is 23.3 Å². The van der Waals surface area contributed by atoms with Gasteiger partial charge in [-0.3, -0.25) is 9.69 Å². The van der Waals surface area contributed by atoms with Gasteiger partial charge in [0.1, 0.15) is 11.5 Å². The maximum Gasteiger partial charge on any atom is 0.337 e. The number of carbonyl (C=O) groups is 2. The van der Waals surface area contributed by atoms with Crippen LogP contribution in [0.5, 0.6) is 0 Å². The number of nitrogens with zero attached hydrogens (tertiary/aromatic N) is 1. The number of anilines is 1. The number of esters is 1. The van der Waals surface area contributed by atoms with Crippen molar-refractivity contribution >= 4 is 51.9 Å². The molecule has 0 aliphatic carbocycles. The van der Waals surface area contributed by atoms with Crippen LogP contribution < -0.4 is 4.90 Å². The van der Waals surface area contributed by atoms with Gasteiger partial charge < -0.3 is 9.15 Å². The van der Waals surface area contributed by atoms with E-state index in [0.717, 1.165) is 16.8 Å². The number of carbonyl (C=O) groups excluding carboxylic acids is 2. The number of thiocarbonyl (C=S) groups is 1. The highest BCUT2D eigenvalue weighted by Gasteiger charge is 2.33. The molecule has 1 fully saturated rings. The van der Waals surface area contributed by atoms with Crippen LogP contribution in [0.1, 0.15) is 21.7 Å². The van der Waals surface area contributed by atoms with Gasteiger partial charge in [0, 0.05) is 11.6 Å². The lowest BCUT2D eigenvalue weighted by atomic mass is 10.0. The molecule has 0 atom stereocenters. The molecule has 1 amide bonds. The third-order valence-corrected chi connectivity index (χ3v) is 5.93. The van der Waals surface area contributed by atoms with Crippen molar-refractivity contribution in [2.75, 3.05) is 12.0 Å². The minimum Gasteiger partial charge on any atom is -0.465 e. The number of rotatable bonds is 4. The molecule has 150 valence electrons. The summed E-state index contributed by atoms with van der Waals surface area (Å²) in [6.07, 6.45) is 1.69. The van der Waals surface area contributed by atoms with E-state index < -0.39 is 5.97 Å². The molecule has 3 aromatic rings. The van der Waals surface area contributed by atoms with Gasteiger partial charge in [-0.25, -0.2) is 4.79 Å². The van der Waals surface area contributed by atoms with Crippen molar-refractivity contribution in [1.82, 2.24) is 0 Å². The summed E-state index contributed by atoms with van der Waals surface area (Å²) in [6, 6.07) is 18.2. The molecule has 0 saturated carbocycles. The van der Waals surface area contributed by atoms with E-state index in [1.807, 2.05) is 49.4 Å². The normalized spacial score (nSPS) is 15.1. The molecule has 1 saturated heterocycles. The molecule has 0 unspecified atom stereocenters. The molecular formula is C23H17NO4S2. The summed E-state index contributed by atoms with van der Waals surface area (Å²) in [5, 5.41) is 0.